The zero-order chi connectivity index (χ0) is 16.9. The van der Waals surface area contributed by atoms with Crippen molar-refractivity contribution in [2.75, 3.05) is 16.8 Å². The lowest BCUT2D eigenvalue weighted by atomic mass is 10.1. The van der Waals surface area contributed by atoms with Gasteiger partial charge in [0.05, 0.1) is 22.7 Å². The molecule has 0 saturated heterocycles. The minimum Gasteiger partial charge on any atom is -0.352 e. The van der Waals surface area contributed by atoms with Gasteiger partial charge in [0.15, 0.2) is 0 Å². The third-order valence-corrected chi connectivity index (χ3v) is 5.49. The van der Waals surface area contributed by atoms with Crippen molar-refractivity contribution in [2.24, 2.45) is 0 Å². The van der Waals surface area contributed by atoms with Crippen molar-refractivity contribution in [1.29, 1.82) is 0 Å². The lowest BCUT2D eigenvalue weighted by Gasteiger charge is -2.34. The molecular formula is C20H24Br2N2. The molecule has 24 heavy (non-hydrogen) atoms. The smallest absolute Gasteiger partial charge is 0.0661 e. The average Bonchev–Trinajstić information content (AvgIpc) is 2.58. The predicted octanol–water partition coefficient (Wildman–Crippen LogP) is 7.77. The monoisotopic (exact) mass is 450 g/mol. The number of halogens is 2. The van der Waals surface area contributed by atoms with Gasteiger partial charge in [-0.1, -0.05) is 70.9 Å². The number of benzene rings is 2. The fourth-order valence-corrected chi connectivity index (χ4v) is 3.93. The van der Waals surface area contributed by atoms with E-state index in [9.17, 15) is 0 Å². The molecule has 0 unspecified atom stereocenters. The molecule has 4 heteroatoms. The van der Waals surface area contributed by atoms with Gasteiger partial charge in [0.2, 0.25) is 0 Å². The molecule has 3 rings (SSSR count). The van der Waals surface area contributed by atoms with Crippen LogP contribution in [-0.4, -0.2) is 6.54 Å². The number of nitrogens with zero attached hydrogens (tertiary/aromatic N) is 1. The normalized spacial score (nSPS) is 12.5. The van der Waals surface area contributed by atoms with E-state index in [1.54, 1.807) is 0 Å². The molecule has 0 bridgehead atoms. The van der Waals surface area contributed by atoms with E-state index in [0.29, 0.717) is 0 Å². The summed E-state index contributed by atoms with van der Waals surface area (Å²) in [5.41, 5.74) is 4.87. The van der Waals surface area contributed by atoms with Crippen molar-refractivity contribution in [2.45, 2.75) is 45.4 Å². The highest BCUT2D eigenvalue weighted by atomic mass is 79.9. The van der Waals surface area contributed by atoms with Crippen molar-refractivity contribution in [1.82, 2.24) is 0 Å². The van der Waals surface area contributed by atoms with Gasteiger partial charge in [0, 0.05) is 15.5 Å². The summed E-state index contributed by atoms with van der Waals surface area (Å²) in [6.07, 6.45) is 7.90. The predicted molar refractivity (Wildman–Crippen MR) is 112 cm³/mol. The molecule has 2 aromatic rings. The molecule has 1 aliphatic rings. The molecule has 0 saturated carbocycles. The Hall–Kier alpha value is -1.00. The second-order valence-corrected chi connectivity index (χ2v) is 8.20. The summed E-state index contributed by atoms with van der Waals surface area (Å²) in [5.74, 6) is 0. The van der Waals surface area contributed by atoms with Gasteiger partial charge in [-0.3, -0.25) is 0 Å². The van der Waals surface area contributed by atoms with Gasteiger partial charge in [-0.15, -0.1) is 0 Å². The maximum absolute atomic E-state index is 3.62. The number of hydrogen-bond donors (Lipinski definition) is 1. The van der Waals surface area contributed by atoms with E-state index < -0.39 is 0 Å². The third kappa shape index (κ3) is 4.15. The molecule has 0 atom stereocenters. The molecule has 1 heterocycles. The minimum atomic E-state index is 1.06. The van der Waals surface area contributed by atoms with Crippen LogP contribution in [-0.2, 0) is 0 Å². The first-order chi connectivity index (χ1) is 11.7. The molecule has 0 spiro atoms. The van der Waals surface area contributed by atoms with E-state index >= 15 is 0 Å². The van der Waals surface area contributed by atoms with Crippen molar-refractivity contribution in [3.63, 3.8) is 0 Å². The number of rotatable bonds is 7. The first-order valence-corrected chi connectivity index (χ1v) is 10.4. The van der Waals surface area contributed by atoms with Gasteiger partial charge in [-0.05, 0) is 42.8 Å². The molecule has 0 aliphatic carbocycles. The minimum absolute atomic E-state index is 1.06. The summed E-state index contributed by atoms with van der Waals surface area (Å²) in [4.78, 5) is 2.45. The Kier molecular flexibility index (Phi) is 6.23. The fraction of sp³-hybridized carbons (Fsp3) is 0.400. The summed E-state index contributed by atoms with van der Waals surface area (Å²) in [7, 11) is 0. The maximum Gasteiger partial charge on any atom is 0.0661 e. The van der Waals surface area contributed by atoms with Gasteiger partial charge in [-0.25, -0.2) is 0 Å². The zero-order valence-corrected chi connectivity index (χ0v) is 17.3. The first-order valence-electron chi connectivity index (χ1n) is 8.82. The Bertz CT molecular complexity index is 649. The molecule has 0 aromatic heterocycles. The zero-order valence-electron chi connectivity index (χ0n) is 14.1. The summed E-state index contributed by atoms with van der Waals surface area (Å²) in [6, 6.07) is 12.9. The number of hydrogen-bond acceptors (Lipinski definition) is 2. The van der Waals surface area contributed by atoms with Crippen LogP contribution in [0.3, 0.4) is 0 Å². The highest BCUT2D eigenvalue weighted by Crippen LogP contribution is 2.45. The summed E-state index contributed by atoms with van der Waals surface area (Å²) >= 11 is 7.24. The van der Waals surface area contributed by atoms with E-state index in [-0.39, 0.29) is 0 Å². The van der Waals surface area contributed by atoms with Crippen LogP contribution >= 0.6 is 31.9 Å². The molecule has 0 radical (unpaired) electrons. The van der Waals surface area contributed by atoms with Gasteiger partial charge in [-0.2, -0.15) is 0 Å². The van der Waals surface area contributed by atoms with E-state index in [0.717, 1.165) is 15.5 Å². The van der Waals surface area contributed by atoms with Crippen molar-refractivity contribution in [3.8, 4) is 0 Å². The Balaban J connectivity index is 1.78. The molecule has 0 fully saturated rings. The Morgan fingerprint density at radius 1 is 0.792 bits per heavy atom. The fourth-order valence-electron chi connectivity index (χ4n) is 3.23. The van der Waals surface area contributed by atoms with E-state index in [2.05, 4.69) is 85.4 Å². The molecular weight excluding hydrogens is 428 g/mol. The lowest BCUT2D eigenvalue weighted by molar-refractivity contribution is 0.609. The SMILES string of the molecule is CCCCCCCCN1c2cc(Br)ccc2Nc2ccc(Br)cc21. The van der Waals surface area contributed by atoms with E-state index in [1.807, 2.05) is 0 Å². The Morgan fingerprint density at radius 3 is 1.92 bits per heavy atom. The van der Waals surface area contributed by atoms with Crippen LogP contribution in [0.25, 0.3) is 0 Å². The van der Waals surface area contributed by atoms with Crippen LogP contribution in [0.15, 0.2) is 45.3 Å². The highest BCUT2D eigenvalue weighted by Gasteiger charge is 2.22. The van der Waals surface area contributed by atoms with Gasteiger partial charge < -0.3 is 10.2 Å². The number of nitrogens with one attached hydrogen (secondary N) is 1. The molecule has 128 valence electrons. The van der Waals surface area contributed by atoms with Crippen LogP contribution in [0.5, 0.6) is 0 Å². The summed E-state index contributed by atoms with van der Waals surface area (Å²) in [5, 5.41) is 3.56. The van der Waals surface area contributed by atoms with Crippen molar-refractivity contribution in [3.05, 3.63) is 45.3 Å². The Labute approximate surface area is 161 Å². The molecule has 2 nitrogen and oxygen atoms in total. The molecule has 2 aromatic carbocycles. The largest absolute Gasteiger partial charge is 0.352 e. The first kappa shape index (κ1) is 17.8. The van der Waals surface area contributed by atoms with Crippen molar-refractivity contribution < 1.29 is 0 Å². The second-order valence-electron chi connectivity index (χ2n) is 6.37. The summed E-state index contributed by atoms with van der Waals surface area (Å²) < 4.78 is 2.24. The topological polar surface area (TPSA) is 15.3 Å². The number of fused-ring (bicyclic) bond motifs is 2. The second kappa shape index (κ2) is 8.39. The van der Waals surface area contributed by atoms with Crippen LogP contribution in [0, 0.1) is 0 Å². The van der Waals surface area contributed by atoms with Crippen LogP contribution in [0.2, 0.25) is 0 Å². The standard InChI is InChI=1S/C20H24Br2N2/c1-2-3-4-5-6-7-12-24-19-13-15(21)8-10-17(19)23-18-11-9-16(22)14-20(18)24/h8-11,13-14,23H,2-7,12H2,1H3. The quantitative estimate of drug-likeness (QED) is 0.432. The van der Waals surface area contributed by atoms with Gasteiger partial charge >= 0.3 is 0 Å². The summed E-state index contributed by atoms with van der Waals surface area (Å²) in [6.45, 7) is 3.32. The molecule has 1 N–H and O–H groups in total. The average molecular weight is 452 g/mol. The maximum atomic E-state index is 3.62. The number of anilines is 4. The molecule has 1 aliphatic heterocycles. The third-order valence-electron chi connectivity index (χ3n) is 4.51. The van der Waals surface area contributed by atoms with E-state index in [1.165, 1.54) is 61.3 Å². The van der Waals surface area contributed by atoms with Gasteiger partial charge in [0.1, 0.15) is 0 Å². The Morgan fingerprint density at radius 2 is 1.33 bits per heavy atom. The van der Waals surface area contributed by atoms with Gasteiger partial charge in [0.25, 0.3) is 0 Å². The van der Waals surface area contributed by atoms with Crippen LogP contribution in [0.4, 0.5) is 22.7 Å². The van der Waals surface area contributed by atoms with Crippen LogP contribution < -0.4 is 10.2 Å². The number of unbranched alkanes of at least 4 members (excludes halogenated alkanes) is 5. The lowest BCUT2D eigenvalue weighted by Crippen LogP contribution is -2.23. The molecule has 0 amide bonds. The van der Waals surface area contributed by atoms with Crippen molar-refractivity contribution >= 4 is 54.6 Å². The highest BCUT2D eigenvalue weighted by molar-refractivity contribution is 9.10. The van der Waals surface area contributed by atoms with Crippen LogP contribution in [0.1, 0.15) is 45.4 Å². The van der Waals surface area contributed by atoms with E-state index in [4.69, 9.17) is 0 Å².